The molecule has 1 atom stereocenters. The van der Waals surface area contributed by atoms with Crippen LogP contribution in [0.15, 0.2) is 46.5 Å². The van der Waals surface area contributed by atoms with Crippen LogP contribution in [0.5, 0.6) is 0 Å². The van der Waals surface area contributed by atoms with Crippen LogP contribution in [-0.2, 0) is 10.3 Å². The first-order chi connectivity index (χ1) is 7.69. The normalized spacial score (nSPS) is 23.2. The molecule has 0 spiro atoms. The topological polar surface area (TPSA) is 74.9 Å². The number of carbonyl (C=O) groups is 1. The Hall–Kier alpha value is -2.04. The minimum atomic E-state index is -1.39. The van der Waals surface area contributed by atoms with E-state index < -0.39 is 11.5 Å². The highest BCUT2D eigenvalue weighted by atomic mass is 16.4. The molecule has 0 fully saturated rings. The van der Waals surface area contributed by atoms with Crippen molar-refractivity contribution in [3.8, 4) is 0 Å². The third-order valence-corrected chi connectivity index (χ3v) is 2.50. The second-order valence-corrected chi connectivity index (χ2v) is 3.50. The number of allylic oxidation sites excluding steroid dienone is 1. The second-order valence-electron chi connectivity index (χ2n) is 3.50. The van der Waals surface area contributed by atoms with Crippen molar-refractivity contribution in [3.05, 3.63) is 41.9 Å². The Morgan fingerprint density at radius 3 is 2.88 bits per heavy atom. The van der Waals surface area contributed by atoms with Gasteiger partial charge < -0.3 is 5.11 Å². The summed E-state index contributed by atoms with van der Waals surface area (Å²) in [5, 5.41) is 17.1. The Balaban J connectivity index is 2.52. The van der Waals surface area contributed by atoms with Gasteiger partial charge in [-0.1, -0.05) is 13.0 Å². The lowest BCUT2D eigenvalue weighted by Crippen LogP contribution is -2.30. The zero-order valence-electron chi connectivity index (χ0n) is 8.79. The highest BCUT2D eigenvalue weighted by Crippen LogP contribution is 2.35. The van der Waals surface area contributed by atoms with Crippen LogP contribution in [0.1, 0.15) is 18.9 Å². The molecule has 0 amide bonds. The van der Waals surface area contributed by atoms with E-state index in [0.717, 1.165) is 0 Å². The predicted molar refractivity (Wildman–Crippen MR) is 56.8 cm³/mol. The summed E-state index contributed by atoms with van der Waals surface area (Å²) in [6.07, 6.45) is 5.34. The van der Waals surface area contributed by atoms with E-state index in [1.807, 2.05) is 6.92 Å². The molecule has 0 aliphatic carbocycles. The fourth-order valence-electron chi connectivity index (χ4n) is 1.57. The molecule has 1 aromatic heterocycles. The molecule has 1 aliphatic heterocycles. The zero-order chi connectivity index (χ0) is 11.6. The Morgan fingerprint density at radius 2 is 2.38 bits per heavy atom. The standard InChI is InChI=1S/C11H11N3O2/c1-2-9-6-11(10(15)16,14-13-9)8-4-3-5-12-7-8/h3-7H,2H2,1H3,(H,15,16). The third-order valence-electron chi connectivity index (χ3n) is 2.50. The maximum atomic E-state index is 11.4. The summed E-state index contributed by atoms with van der Waals surface area (Å²) in [7, 11) is 0. The second kappa shape index (κ2) is 3.84. The van der Waals surface area contributed by atoms with E-state index in [2.05, 4.69) is 15.2 Å². The summed E-state index contributed by atoms with van der Waals surface area (Å²) in [4.78, 5) is 15.3. The average molecular weight is 217 g/mol. The van der Waals surface area contributed by atoms with Gasteiger partial charge in [0.1, 0.15) is 0 Å². The summed E-state index contributed by atoms with van der Waals surface area (Å²) < 4.78 is 0. The number of nitrogens with zero attached hydrogens (tertiary/aromatic N) is 3. The van der Waals surface area contributed by atoms with Crippen LogP contribution < -0.4 is 0 Å². The van der Waals surface area contributed by atoms with Crippen LogP contribution in [0, 0.1) is 0 Å². The highest BCUT2D eigenvalue weighted by Gasteiger charge is 2.42. The molecular formula is C11H11N3O2. The van der Waals surface area contributed by atoms with Crippen LogP contribution in [0.4, 0.5) is 0 Å². The van der Waals surface area contributed by atoms with Crippen molar-refractivity contribution in [2.45, 2.75) is 18.9 Å². The minimum Gasteiger partial charge on any atom is -0.479 e. The number of carboxylic acids is 1. The Labute approximate surface area is 92.5 Å². The van der Waals surface area contributed by atoms with Crippen LogP contribution in [0.3, 0.4) is 0 Å². The molecular weight excluding hydrogens is 206 g/mol. The molecule has 0 aromatic carbocycles. The van der Waals surface area contributed by atoms with Gasteiger partial charge in [-0.15, -0.1) is 0 Å². The molecule has 2 rings (SSSR count). The summed E-state index contributed by atoms with van der Waals surface area (Å²) >= 11 is 0. The Kier molecular flexibility index (Phi) is 2.52. The summed E-state index contributed by atoms with van der Waals surface area (Å²) in [5.41, 5.74) is -0.180. The van der Waals surface area contributed by atoms with E-state index in [-0.39, 0.29) is 0 Å². The number of azo groups is 1. The SMILES string of the molecule is CCC1=CC(C(=O)O)(c2cccnc2)N=N1. The molecule has 1 aliphatic rings. The first-order valence-corrected chi connectivity index (χ1v) is 4.97. The molecule has 1 aromatic rings. The van der Waals surface area contributed by atoms with Gasteiger partial charge >= 0.3 is 5.97 Å². The first-order valence-electron chi connectivity index (χ1n) is 4.97. The lowest BCUT2D eigenvalue weighted by molar-refractivity contribution is -0.141. The monoisotopic (exact) mass is 217 g/mol. The molecule has 5 heteroatoms. The Morgan fingerprint density at radius 1 is 1.56 bits per heavy atom. The van der Waals surface area contributed by atoms with Crippen molar-refractivity contribution in [1.82, 2.24) is 4.98 Å². The number of aliphatic carboxylic acids is 1. The maximum Gasteiger partial charge on any atom is 0.342 e. The van der Waals surface area contributed by atoms with E-state index >= 15 is 0 Å². The number of carboxylic acid groups (broad SMARTS) is 1. The van der Waals surface area contributed by atoms with Crippen LogP contribution in [-0.4, -0.2) is 16.1 Å². The van der Waals surface area contributed by atoms with Gasteiger partial charge in [0.2, 0.25) is 5.54 Å². The molecule has 0 saturated heterocycles. The maximum absolute atomic E-state index is 11.4. The summed E-state index contributed by atoms with van der Waals surface area (Å²) in [6, 6.07) is 3.38. The van der Waals surface area contributed by atoms with E-state index in [1.165, 1.54) is 6.20 Å². The van der Waals surface area contributed by atoms with Crippen LogP contribution in [0.2, 0.25) is 0 Å². The number of rotatable bonds is 3. The number of pyridine rings is 1. The van der Waals surface area contributed by atoms with Crippen molar-refractivity contribution in [2.24, 2.45) is 10.2 Å². The predicted octanol–water partition coefficient (Wildman–Crippen LogP) is 2.12. The summed E-state index contributed by atoms with van der Waals surface area (Å²) in [6.45, 7) is 1.91. The number of aromatic nitrogens is 1. The van der Waals surface area contributed by atoms with Crippen LogP contribution in [0.25, 0.3) is 0 Å². The van der Waals surface area contributed by atoms with E-state index in [4.69, 9.17) is 0 Å². The molecule has 2 heterocycles. The molecule has 0 saturated carbocycles. The van der Waals surface area contributed by atoms with E-state index in [9.17, 15) is 9.90 Å². The van der Waals surface area contributed by atoms with Crippen molar-refractivity contribution >= 4 is 5.97 Å². The first kappa shape index (κ1) is 10.5. The fourth-order valence-corrected chi connectivity index (χ4v) is 1.57. The third kappa shape index (κ3) is 1.50. The van der Waals surface area contributed by atoms with Crippen LogP contribution >= 0.6 is 0 Å². The van der Waals surface area contributed by atoms with E-state index in [1.54, 1.807) is 24.4 Å². The van der Waals surface area contributed by atoms with Crippen molar-refractivity contribution < 1.29 is 9.90 Å². The smallest absolute Gasteiger partial charge is 0.342 e. The van der Waals surface area contributed by atoms with Gasteiger partial charge in [-0.05, 0) is 18.6 Å². The van der Waals surface area contributed by atoms with Gasteiger partial charge in [0.15, 0.2) is 0 Å². The minimum absolute atomic E-state index is 0.523. The molecule has 82 valence electrons. The Bertz CT molecular complexity index is 467. The highest BCUT2D eigenvalue weighted by molar-refractivity contribution is 5.84. The van der Waals surface area contributed by atoms with Gasteiger partial charge in [-0.25, -0.2) is 4.79 Å². The lowest BCUT2D eigenvalue weighted by atomic mass is 9.91. The molecule has 16 heavy (non-hydrogen) atoms. The van der Waals surface area contributed by atoms with Gasteiger partial charge in [0.25, 0.3) is 0 Å². The van der Waals surface area contributed by atoms with Gasteiger partial charge in [-0.3, -0.25) is 4.98 Å². The number of hydrogen-bond donors (Lipinski definition) is 1. The van der Waals surface area contributed by atoms with Gasteiger partial charge in [0.05, 0.1) is 5.70 Å². The molecule has 5 nitrogen and oxygen atoms in total. The van der Waals surface area contributed by atoms with Crippen molar-refractivity contribution in [2.75, 3.05) is 0 Å². The average Bonchev–Trinajstić information content (AvgIpc) is 2.75. The van der Waals surface area contributed by atoms with Crippen molar-refractivity contribution in [1.29, 1.82) is 0 Å². The summed E-state index contributed by atoms with van der Waals surface area (Å²) in [5.74, 6) is -1.03. The fraction of sp³-hybridized carbons (Fsp3) is 0.273. The zero-order valence-corrected chi connectivity index (χ0v) is 8.79. The lowest BCUT2D eigenvalue weighted by Gasteiger charge is -2.16. The largest absolute Gasteiger partial charge is 0.479 e. The molecule has 1 unspecified atom stereocenters. The van der Waals surface area contributed by atoms with Crippen molar-refractivity contribution in [3.63, 3.8) is 0 Å². The molecule has 0 radical (unpaired) electrons. The van der Waals surface area contributed by atoms with Gasteiger partial charge in [-0.2, -0.15) is 10.2 Å². The van der Waals surface area contributed by atoms with Gasteiger partial charge in [0, 0.05) is 18.0 Å². The molecule has 0 bridgehead atoms. The molecule has 1 N–H and O–H groups in total. The van der Waals surface area contributed by atoms with E-state index in [0.29, 0.717) is 17.7 Å². The number of hydrogen-bond acceptors (Lipinski definition) is 4. The quantitative estimate of drug-likeness (QED) is 0.842.